The van der Waals surface area contributed by atoms with Crippen LogP contribution in [0.1, 0.15) is 13.3 Å². The highest BCUT2D eigenvalue weighted by atomic mass is 35.5. The third-order valence-corrected chi connectivity index (χ3v) is 2.96. The van der Waals surface area contributed by atoms with Crippen LogP contribution in [0.15, 0.2) is 6.20 Å². The lowest BCUT2D eigenvalue weighted by atomic mass is 10.0. The number of anilines is 1. The lowest BCUT2D eigenvalue weighted by molar-refractivity contribution is 0.108. The molecule has 1 N–H and O–H groups in total. The molecule has 1 aliphatic heterocycles. The molecule has 16 heavy (non-hydrogen) atoms. The minimum atomic E-state index is -0.490. The van der Waals surface area contributed by atoms with Crippen LogP contribution in [-0.4, -0.2) is 29.2 Å². The minimum Gasteiger partial charge on any atom is -0.378 e. The summed E-state index contributed by atoms with van der Waals surface area (Å²) in [6, 6.07) is 0. The zero-order valence-electron chi connectivity index (χ0n) is 8.91. The van der Waals surface area contributed by atoms with Gasteiger partial charge in [0.1, 0.15) is 0 Å². The fourth-order valence-corrected chi connectivity index (χ4v) is 1.87. The molecular formula is C10H13ClFN3O. The Morgan fingerprint density at radius 1 is 1.69 bits per heavy atom. The molecule has 0 spiro atoms. The van der Waals surface area contributed by atoms with Crippen LogP contribution in [0.25, 0.3) is 0 Å². The quantitative estimate of drug-likeness (QED) is 0.829. The predicted octanol–water partition coefficient (Wildman–Crippen LogP) is 2.11. The Bertz CT molecular complexity index is 377. The van der Waals surface area contributed by atoms with E-state index in [2.05, 4.69) is 15.3 Å². The van der Waals surface area contributed by atoms with Crippen LogP contribution in [0, 0.1) is 11.7 Å². The SMILES string of the molecule is CC1OCCC1CNc1nc(Cl)ncc1F. The molecule has 1 fully saturated rings. The zero-order valence-corrected chi connectivity index (χ0v) is 9.67. The highest BCUT2D eigenvalue weighted by molar-refractivity contribution is 6.28. The van der Waals surface area contributed by atoms with Crippen molar-refractivity contribution in [3.8, 4) is 0 Å². The molecule has 0 radical (unpaired) electrons. The van der Waals surface area contributed by atoms with E-state index in [-0.39, 0.29) is 17.2 Å². The second kappa shape index (κ2) is 4.93. The molecule has 1 aromatic heterocycles. The number of nitrogens with one attached hydrogen (secondary N) is 1. The Hall–Kier alpha value is -0.940. The number of ether oxygens (including phenoxy) is 1. The molecule has 0 amide bonds. The van der Waals surface area contributed by atoms with E-state index in [1.54, 1.807) is 0 Å². The number of halogens is 2. The van der Waals surface area contributed by atoms with Gasteiger partial charge in [-0.2, -0.15) is 4.98 Å². The first-order chi connectivity index (χ1) is 7.66. The maximum Gasteiger partial charge on any atom is 0.224 e. The summed E-state index contributed by atoms with van der Waals surface area (Å²) in [4.78, 5) is 7.33. The smallest absolute Gasteiger partial charge is 0.224 e. The first-order valence-electron chi connectivity index (χ1n) is 5.20. The van der Waals surface area contributed by atoms with Crippen LogP contribution in [0.4, 0.5) is 10.2 Å². The molecule has 2 heterocycles. The first kappa shape index (κ1) is 11.5. The van der Waals surface area contributed by atoms with E-state index < -0.39 is 5.82 Å². The van der Waals surface area contributed by atoms with Crippen LogP contribution < -0.4 is 5.32 Å². The molecule has 1 saturated heterocycles. The Kier molecular flexibility index (Phi) is 3.56. The van der Waals surface area contributed by atoms with Crippen LogP contribution >= 0.6 is 11.6 Å². The minimum absolute atomic E-state index is 0.0413. The molecule has 0 bridgehead atoms. The highest BCUT2D eigenvalue weighted by Crippen LogP contribution is 2.21. The van der Waals surface area contributed by atoms with Crippen molar-refractivity contribution in [3.63, 3.8) is 0 Å². The lowest BCUT2D eigenvalue weighted by Gasteiger charge is -2.15. The number of rotatable bonds is 3. The topological polar surface area (TPSA) is 47.0 Å². The maximum atomic E-state index is 13.3. The van der Waals surface area contributed by atoms with Crippen molar-refractivity contribution in [3.05, 3.63) is 17.3 Å². The third kappa shape index (κ3) is 2.59. The van der Waals surface area contributed by atoms with E-state index >= 15 is 0 Å². The Morgan fingerprint density at radius 3 is 3.19 bits per heavy atom. The summed E-state index contributed by atoms with van der Waals surface area (Å²) in [7, 11) is 0. The summed E-state index contributed by atoms with van der Waals surface area (Å²) in [6.45, 7) is 3.41. The molecule has 1 aliphatic rings. The van der Waals surface area contributed by atoms with Gasteiger partial charge in [0.25, 0.3) is 0 Å². The van der Waals surface area contributed by atoms with Crippen LogP contribution in [0.5, 0.6) is 0 Å². The van der Waals surface area contributed by atoms with Gasteiger partial charge in [-0.15, -0.1) is 0 Å². The molecule has 4 nitrogen and oxygen atoms in total. The predicted molar refractivity (Wildman–Crippen MR) is 59.0 cm³/mol. The summed E-state index contributed by atoms with van der Waals surface area (Å²) in [5.41, 5.74) is 0. The van der Waals surface area contributed by atoms with E-state index in [1.165, 1.54) is 0 Å². The van der Waals surface area contributed by atoms with Crippen molar-refractivity contribution < 1.29 is 9.13 Å². The van der Waals surface area contributed by atoms with Gasteiger partial charge in [0, 0.05) is 19.1 Å². The molecule has 0 saturated carbocycles. The fourth-order valence-electron chi connectivity index (χ4n) is 1.74. The normalized spacial score (nSPS) is 24.7. The average molecular weight is 246 g/mol. The third-order valence-electron chi connectivity index (χ3n) is 2.78. The maximum absolute atomic E-state index is 13.3. The van der Waals surface area contributed by atoms with Crippen molar-refractivity contribution in [2.75, 3.05) is 18.5 Å². The summed E-state index contributed by atoms with van der Waals surface area (Å²) < 4.78 is 18.7. The molecule has 88 valence electrons. The van der Waals surface area contributed by atoms with Crippen molar-refractivity contribution in [1.29, 1.82) is 0 Å². The van der Waals surface area contributed by atoms with Gasteiger partial charge in [-0.25, -0.2) is 9.37 Å². The van der Waals surface area contributed by atoms with Crippen molar-refractivity contribution >= 4 is 17.4 Å². The average Bonchev–Trinajstić information content (AvgIpc) is 2.66. The molecule has 2 atom stereocenters. The van der Waals surface area contributed by atoms with Gasteiger partial charge < -0.3 is 10.1 Å². The summed E-state index contributed by atoms with van der Waals surface area (Å²) >= 11 is 5.59. The fraction of sp³-hybridized carbons (Fsp3) is 0.600. The Morgan fingerprint density at radius 2 is 2.50 bits per heavy atom. The van der Waals surface area contributed by atoms with Crippen LogP contribution in [0.3, 0.4) is 0 Å². The molecule has 0 aromatic carbocycles. The summed E-state index contributed by atoms with van der Waals surface area (Å²) in [5, 5.41) is 2.98. The number of hydrogen-bond donors (Lipinski definition) is 1. The zero-order chi connectivity index (χ0) is 11.5. The molecule has 1 aromatic rings. The largest absolute Gasteiger partial charge is 0.378 e. The molecule has 6 heteroatoms. The number of nitrogens with zero attached hydrogens (tertiary/aromatic N) is 2. The molecule has 0 aliphatic carbocycles. The van der Waals surface area contributed by atoms with E-state index in [1.807, 2.05) is 6.92 Å². The van der Waals surface area contributed by atoms with Gasteiger partial charge in [-0.05, 0) is 24.9 Å². The van der Waals surface area contributed by atoms with Gasteiger partial charge in [-0.3, -0.25) is 0 Å². The van der Waals surface area contributed by atoms with Gasteiger partial charge in [-0.1, -0.05) is 0 Å². The number of hydrogen-bond acceptors (Lipinski definition) is 4. The van der Waals surface area contributed by atoms with E-state index in [0.29, 0.717) is 12.5 Å². The van der Waals surface area contributed by atoms with Crippen LogP contribution in [0.2, 0.25) is 5.28 Å². The number of aromatic nitrogens is 2. The lowest BCUT2D eigenvalue weighted by Crippen LogP contribution is -2.21. The van der Waals surface area contributed by atoms with Gasteiger partial charge in [0.05, 0.1) is 12.3 Å². The second-order valence-electron chi connectivity index (χ2n) is 3.84. The Labute approximate surface area is 98.2 Å². The van der Waals surface area contributed by atoms with Crippen LogP contribution in [-0.2, 0) is 4.74 Å². The first-order valence-corrected chi connectivity index (χ1v) is 5.58. The van der Waals surface area contributed by atoms with Crippen molar-refractivity contribution in [2.24, 2.45) is 5.92 Å². The van der Waals surface area contributed by atoms with E-state index in [4.69, 9.17) is 16.3 Å². The van der Waals surface area contributed by atoms with Crippen molar-refractivity contribution in [1.82, 2.24) is 9.97 Å². The second-order valence-corrected chi connectivity index (χ2v) is 4.18. The summed E-state index contributed by atoms with van der Waals surface area (Å²) in [5.74, 6) is 0.0446. The Balaban J connectivity index is 1.96. The van der Waals surface area contributed by atoms with Gasteiger partial charge in [0.2, 0.25) is 5.28 Å². The van der Waals surface area contributed by atoms with Gasteiger partial charge >= 0.3 is 0 Å². The van der Waals surface area contributed by atoms with Gasteiger partial charge in [0.15, 0.2) is 11.6 Å². The monoisotopic (exact) mass is 245 g/mol. The van der Waals surface area contributed by atoms with E-state index in [0.717, 1.165) is 19.2 Å². The molecular weight excluding hydrogens is 233 g/mol. The molecule has 2 rings (SSSR count). The summed E-state index contributed by atoms with van der Waals surface area (Å²) in [6.07, 6.45) is 2.24. The standard InChI is InChI=1S/C10H13ClFN3O/c1-6-7(2-3-16-6)4-13-9-8(12)5-14-10(11)15-9/h5-7H,2-4H2,1H3,(H,13,14,15). The van der Waals surface area contributed by atoms with E-state index in [9.17, 15) is 4.39 Å². The highest BCUT2D eigenvalue weighted by Gasteiger charge is 2.24. The van der Waals surface area contributed by atoms with Crippen molar-refractivity contribution in [2.45, 2.75) is 19.4 Å². The molecule has 2 unspecified atom stereocenters.